The number of benzene rings is 9. The fourth-order valence-electron chi connectivity index (χ4n) is 11.4. The van der Waals surface area contributed by atoms with Crippen LogP contribution in [0.2, 0.25) is 0 Å². The van der Waals surface area contributed by atoms with E-state index in [1.165, 1.54) is 30.3 Å². The zero-order chi connectivity index (χ0) is 44.8. The van der Waals surface area contributed by atoms with Crippen molar-refractivity contribution in [3.63, 3.8) is 0 Å². The molecule has 0 aliphatic carbocycles. The minimum atomic E-state index is 0.391. The molecular weight excluding hydrogens is 869 g/mol. The largest absolute Gasteiger partial charge is 0.318 e. The van der Waals surface area contributed by atoms with Crippen molar-refractivity contribution >= 4 is 134 Å². The predicted octanol–water partition coefficient (Wildman–Crippen LogP) is 16.9. The topological polar surface area (TPSA) is 63.8 Å². The number of pyridine rings is 2. The summed E-state index contributed by atoms with van der Waals surface area (Å²) in [6.45, 7) is 9.32. The van der Waals surface area contributed by atoms with Gasteiger partial charge in [-0.1, -0.05) is 140 Å². The fourth-order valence-corrected chi connectivity index (χ4v) is 13.9. The number of hydrogen-bond donors (Lipinski definition) is 0. The highest BCUT2D eigenvalue weighted by Crippen LogP contribution is 2.55. The first-order valence-corrected chi connectivity index (χ1v) is 24.0. The van der Waals surface area contributed by atoms with Crippen LogP contribution in [-0.2, 0) is 0 Å². The van der Waals surface area contributed by atoms with Crippen LogP contribution in [0.4, 0.5) is 5.69 Å². The lowest BCUT2D eigenvalue weighted by Gasteiger charge is -2.25. The van der Waals surface area contributed by atoms with Gasteiger partial charge < -0.3 is 9.13 Å². The van der Waals surface area contributed by atoms with Crippen molar-refractivity contribution in [2.75, 3.05) is 0 Å². The van der Waals surface area contributed by atoms with Crippen LogP contribution in [0.3, 0.4) is 0 Å². The van der Waals surface area contributed by atoms with E-state index >= 15 is 0 Å². The Morgan fingerprint density at radius 2 is 0.956 bits per heavy atom. The van der Waals surface area contributed by atoms with Crippen molar-refractivity contribution in [1.82, 2.24) is 19.1 Å². The Hall–Kier alpha value is -8.92. The SMILES string of the molecule is [C-]#[N+]c1c(-c2ccccc2)c(C#N)c(-n2c3ccc4c5ccccc5sc4c3c3ccc4c5ccccc5sc4c32)c(-c2ccccc2)c1-n1c2ccnc3c4ccccc4c4nccc1c4c32. The van der Waals surface area contributed by atoms with E-state index in [1.54, 1.807) is 11.3 Å². The van der Waals surface area contributed by atoms with Gasteiger partial charge in [0.05, 0.1) is 61.3 Å². The molecule has 0 aliphatic rings. The minimum Gasteiger partial charge on any atom is -0.318 e. The Bertz CT molecular complexity index is 4670. The lowest BCUT2D eigenvalue weighted by molar-refractivity contribution is 1.14. The number of aromatic nitrogens is 4. The summed E-state index contributed by atoms with van der Waals surface area (Å²) in [7, 11) is 0. The molecule has 0 aliphatic heterocycles. The first-order chi connectivity index (χ1) is 33.7. The molecule has 0 N–H and O–H groups in total. The van der Waals surface area contributed by atoms with Gasteiger partial charge in [0.15, 0.2) is 0 Å². The number of thiophene rings is 2. The van der Waals surface area contributed by atoms with Crippen LogP contribution in [0.1, 0.15) is 5.56 Å². The molecule has 6 aromatic heterocycles. The first-order valence-electron chi connectivity index (χ1n) is 22.4. The molecule has 6 nitrogen and oxygen atoms in total. The second kappa shape index (κ2) is 13.8. The Balaban J connectivity index is 1.25. The van der Waals surface area contributed by atoms with Gasteiger partial charge in [-0.2, -0.15) is 5.26 Å². The monoisotopic (exact) mass is 898 g/mol. The van der Waals surface area contributed by atoms with Crippen LogP contribution < -0.4 is 0 Å². The number of fused-ring (bicyclic) bond motifs is 14. The third-order valence-corrected chi connectivity index (χ3v) is 16.4. The molecule has 6 heterocycles. The van der Waals surface area contributed by atoms with E-state index in [1.807, 2.05) is 60.1 Å². The van der Waals surface area contributed by atoms with E-state index in [0.29, 0.717) is 22.5 Å². The third-order valence-electron chi connectivity index (χ3n) is 14.0. The highest BCUT2D eigenvalue weighted by atomic mass is 32.1. The van der Waals surface area contributed by atoms with E-state index in [2.05, 4.69) is 154 Å². The first kappa shape index (κ1) is 37.3. The number of rotatable bonds is 4. The average molecular weight is 899 g/mol. The lowest BCUT2D eigenvalue weighted by Crippen LogP contribution is -2.08. The van der Waals surface area contributed by atoms with Crippen molar-refractivity contribution in [1.29, 1.82) is 5.26 Å². The van der Waals surface area contributed by atoms with Gasteiger partial charge in [0, 0.05) is 91.5 Å². The summed E-state index contributed by atoms with van der Waals surface area (Å²) in [5.41, 5.74) is 10.9. The van der Waals surface area contributed by atoms with E-state index in [9.17, 15) is 11.8 Å². The maximum Gasteiger partial charge on any atom is 0.220 e. The molecule has 0 unspecified atom stereocenters. The summed E-state index contributed by atoms with van der Waals surface area (Å²) in [4.78, 5) is 14.6. The summed E-state index contributed by atoms with van der Waals surface area (Å²) >= 11 is 3.61. The molecule has 8 heteroatoms. The Morgan fingerprint density at radius 1 is 0.456 bits per heavy atom. The fraction of sp³-hybridized carbons (Fsp3) is 0. The van der Waals surface area contributed by atoms with Crippen molar-refractivity contribution in [2.24, 2.45) is 0 Å². The number of nitrogens with zero attached hydrogens (tertiary/aromatic N) is 6. The van der Waals surface area contributed by atoms with Crippen LogP contribution in [0.15, 0.2) is 182 Å². The molecule has 15 rings (SSSR count). The van der Waals surface area contributed by atoms with Crippen molar-refractivity contribution in [3.05, 3.63) is 199 Å². The Labute approximate surface area is 395 Å². The molecule has 15 aromatic rings. The van der Waals surface area contributed by atoms with Gasteiger partial charge >= 0.3 is 0 Å². The molecule has 0 amide bonds. The Kier molecular flexibility index (Phi) is 7.58. The van der Waals surface area contributed by atoms with Gasteiger partial charge in [-0.25, -0.2) is 4.85 Å². The zero-order valence-electron chi connectivity index (χ0n) is 35.8. The second-order valence-corrected chi connectivity index (χ2v) is 19.4. The van der Waals surface area contributed by atoms with E-state index in [4.69, 9.17) is 9.97 Å². The molecule has 0 saturated carbocycles. The van der Waals surface area contributed by atoms with Gasteiger partial charge in [0.25, 0.3) is 0 Å². The van der Waals surface area contributed by atoms with Crippen LogP contribution >= 0.6 is 22.7 Å². The van der Waals surface area contributed by atoms with Gasteiger partial charge in [-0.05, 0) is 41.5 Å². The summed E-state index contributed by atoms with van der Waals surface area (Å²) in [6, 6.07) is 62.1. The van der Waals surface area contributed by atoms with Gasteiger partial charge in [0.1, 0.15) is 6.07 Å². The molecule has 68 heavy (non-hydrogen) atoms. The van der Waals surface area contributed by atoms with Crippen molar-refractivity contribution < 1.29 is 0 Å². The Morgan fingerprint density at radius 3 is 1.56 bits per heavy atom. The molecule has 0 spiro atoms. The molecule has 0 fully saturated rings. The van der Waals surface area contributed by atoms with Crippen LogP contribution in [0, 0.1) is 17.9 Å². The van der Waals surface area contributed by atoms with Gasteiger partial charge in [0.2, 0.25) is 5.69 Å². The maximum atomic E-state index is 12.1. The van der Waals surface area contributed by atoms with Crippen molar-refractivity contribution in [2.45, 2.75) is 0 Å². The molecule has 9 aromatic carbocycles. The van der Waals surface area contributed by atoms with Crippen LogP contribution in [-0.4, -0.2) is 19.1 Å². The van der Waals surface area contributed by atoms with Crippen LogP contribution in [0.25, 0.3) is 144 Å². The van der Waals surface area contributed by atoms with Crippen molar-refractivity contribution in [3.8, 4) is 39.7 Å². The molecule has 0 saturated heterocycles. The van der Waals surface area contributed by atoms with Crippen LogP contribution in [0.5, 0.6) is 0 Å². The predicted molar refractivity (Wildman–Crippen MR) is 285 cm³/mol. The molecule has 0 atom stereocenters. The smallest absolute Gasteiger partial charge is 0.220 e. The quantitative estimate of drug-likeness (QED) is 0.131. The molecule has 0 radical (unpaired) electrons. The summed E-state index contributed by atoms with van der Waals surface area (Å²) in [6.07, 6.45) is 3.76. The summed E-state index contributed by atoms with van der Waals surface area (Å²) in [5, 5.41) is 23.1. The zero-order valence-corrected chi connectivity index (χ0v) is 37.5. The van der Waals surface area contributed by atoms with E-state index in [-0.39, 0.29) is 0 Å². The average Bonchev–Trinajstić information content (AvgIpc) is 4.16. The minimum absolute atomic E-state index is 0.391. The maximum absolute atomic E-state index is 12.1. The molecular formula is C60H30N6S2. The molecule has 312 valence electrons. The van der Waals surface area contributed by atoms with Gasteiger partial charge in [-0.15, -0.1) is 22.7 Å². The highest BCUT2D eigenvalue weighted by Gasteiger charge is 2.33. The number of hydrogen-bond acceptors (Lipinski definition) is 5. The lowest BCUT2D eigenvalue weighted by atomic mass is 9.88. The normalized spacial score (nSPS) is 12.1. The number of nitriles is 1. The highest BCUT2D eigenvalue weighted by molar-refractivity contribution is 7.27. The molecule has 0 bridgehead atoms. The van der Waals surface area contributed by atoms with E-state index in [0.717, 1.165) is 97.9 Å². The summed E-state index contributed by atoms with van der Waals surface area (Å²) in [5.74, 6) is 0. The second-order valence-electron chi connectivity index (χ2n) is 17.3. The van der Waals surface area contributed by atoms with Gasteiger partial charge in [-0.3, -0.25) is 9.97 Å². The third kappa shape index (κ3) is 4.77. The standard InChI is InChI=1S/C60H30N6S2/c1-62-55-48(33-14-4-2-5-15-33)42(32-61)56(49(34-16-6-3-7-17-34)58(55)65-44-28-30-63-53-37-20-8-9-21-38(37)54-52(51(44)53)45(65)29-31-64-54)66-43-27-26-39-35-18-10-12-22-46(35)67-59(39)50(43)41-25-24-40-36-19-11-13-23-47(36)68-60(40)57(41)66/h2-31H. The van der Waals surface area contributed by atoms with E-state index < -0.39 is 0 Å². The summed E-state index contributed by atoms with van der Waals surface area (Å²) < 4.78 is 9.42.